The van der Waals surface area contributed by atoms with E-state index in [1.807, 2.05) is 0 Å². The number of hydrogen-bond acceptors (Lipinski definition) is 1. The van der Waals surface area contributed by atoms with Gasteiger partial charge in [0.25, 0.3) is 0 Å². The van der Waals surface area contributed by atoms with Gasteiger partial charge < -0.3 is 0 Å². The fraction of sp³-hybridized carbons (Fsp3) is 0.400. The number of aromatic nitrogens is 2. The van der Waals surface area contributed by atoms with Gasteiger partial charge in [0.2, 0.25) is 0 Å². The van der Waals surface area contributed by atoms with Gasteiger partial charge in [0, 0.05) is 5.56 Å². The minimum absolute atomic E-state index is 0.287. The van der Waals surface area contributed by atoms with Gasteiger partial charge in [-0.05, 0) is 37.8 Å². The van der Waals surface area contributed by atoms with Crippen LogP contribution < -0.4 is 0 Å². The van der Waals surface area contributed by atoms with Gasteiger partial charge in [-0.15, -0.1) is 0 Å². The lowest BCUT2D eigenvalue weighted by molar-refractivity contribution is -0.139. The minimum Gasteiger partial charge on any atom is -0.231 e. The van der Waals surface area contributed by atoms with Gasteiger partial charge in [-0.3, -0.25) is 0 Å². The van der Waals surface area contributed by atoms with Crippen LogP contribution in [0.25, 0.3) is 5.69 Å². The molecule has 0 radical (unpaired) electrons. The summed E-state index contributed by atoms with van der Waals surface area (Å²) in [5.74, 6) is -4.20. The van der Waals surface area contributed by atoms with Crippen LogP contribution in [-0.4, -0.2) is 16.2 Å². The summed E-state index contributed by atoms with van der Waals surface area (Å²) in [6, 6.07) is 8.24. The van der Waals surface area contributed by atoms with E-state index < -0.39 is 18.0 Å². The number of benzene rings is 1. The Balaban J connectivity index is 2.23. The minimum atomic E-state index is -4.20. The molecular formula is C15H14F4N2. The van der Waals surface area contributed by atoms with Gasteiger partial charge in [0.15, 0.2) is 0 Å². The van der Waals surface area contributed by atoms with E-state index in [0.717, 1.165) is 17.5 Å². The third-order valence-electron chi connectivity index (χ3n) is 3.75. The van der Waals surface area contributed by atoms with Crippen molar-refractivity contribution in [2.24, 2.45) is 0 Å². The van der Waals surface area contributed by atoms with Crippen LogP contribution in [0.3, 0.4) is 0 Å². The van der Waals surface area contributed by atoms with Crippen molar-refractivity contribution in [2.75, 3.05) is 0 Å². The topological polar surface area (TPSA) is 17.8 Å². The Morgan fingerprint density at radius 2 is 1.71 bits per heavy atom. The van der Waals surface area contributed by atoms with Crippen LogP contribution in [0.2, 0.25) is 0 Å². The number of aryl methyl sites for hydroxylation is 1. The maximum atomic E-state index is 14.0. The number of fused-ring (bicyclic) bond motifs is 1. The van der Waals surface area contributed by atoms with Crippen molar-refractivity contribution < 1.29 is 17.6 Å². The van der Waals surface area contributed by atoms with Crippen LogP contribution >= 0.6 is 0 Å². The summed E-state index contributed by atoms with van der Waals surface area (Å²) in [6.07, 6.45) is -1.25. The van der Waals surface area contributed by atoms with E-state index in [9.17, 15) is 17.6 Å². The number of rotatable bonds is 3. The third-order valence-corrected chi connectivity index (χ3v) is 3.75. The molecule has 2 nitrogen and oxygen atoms in total. The SMILES string of the molecule is FC(F)C(F)(F)c1c2c(nn1-c1ccccc1)CCCC2. The molecule has 0 saturated heterocycles. The molecule has 112 valence electrons. The lowest BCUT2D eigenvalue weighted by Gasteiger charge is -2.20. The van der Waals surface area contributed by atoms with E-state index >= 15 is 0 Å². The summed E-state index contributed by atoms with van der Waals surface area (Å²) < 4.78 is 54.8. The first-order valence-electron chi connectivity index (χ1n) is 6.84. The van der Waals surface area contributed by atoms with E-state index in [4.69, 9.17) is 0 Å². The maximum Gasteiger partial charge on any atom is 0.349 e. The Morgan fingerprint density at radius 3 is 2.38 bits per heavy atom. The zero-order valence-corrected chi connectivity index (χ0v) is 11.2. The van der Waals surface area contributed by atoms with Crippen LogP contribution in [-0.2, 0) is 18.8 Å². The number of alkyl halides is 4. The van der Waals surface area contributed by atoms with Gasteiger partial charge in [-0.25, -0.2) is 13.5 Å². The van der Waals surface area contributed by atoms with Crippen LogP contribution in [0.1, 0.15) is 29.8 Å². The summed E-state index contributed by atoms with van der Waals surface area (Å²) in [4.78, 5) is 0. The first-order valence-corrected chi connectivity index (χ1v) is 6.84. The summed E-state index contributed by atoms with van der Waals surface area (Å²) in [7, 11) is 0. The molecule has 0 spiro atoms. The standard InChI is InChI=1S/C15H14F4N2/c16-14(17)15(18,19)13-11-8-4-5-9-12(11)20-21(13)10-6-2-1-3-7-10/h1-3,6-7,14H,4-5,8-9H2. The highest BCUT2D eigenvalue weighted by Gasteiger charge is 2.48. The van der Waals surface area contributed by atoms with Crippen molar-refractivity contribution in [3.63, 3.8) is 0 Å². The molecular weight excluding hydrogens is 284 g/mol. The zero-order valence-electron chi connectivity index (χ0n) is 11.2. The molecule has 6 heteroatoms. The van der Waals surface area contributed by atoms with E-state index in [-0.39, 0.29) is 5.56 Å². The van der Waals surface area contributed by atoms with Crippen LogP contribution in [0.5, 0.6) is 0 Å². The van der Waals surface area contributed by atoms with Crippen LogP contribution in [0, 0.1) is 0 Å². The number of nitrogens with zero attached hydrogens (tertiary/aromatic N) is 2. The highest BCUT2D eigenvalue weighted by molar-refractivity contribution is 5.40. The maximum absolute atomic E-state index is 14.0. The first-order chi connectivity index (χ1) is 10.0. The normalized spacial score (nSPS) is 15.3. The molecule has 1 aromatic heterocycles. The molecule has 0 unspecified atom stereocenters. The second-order valence-electron chi connectivity index (χ2n) is 5.15. The average Bonchev–Trinajstić information content (AvgIpc) is 2.88. The number of halogens is 4. The summed E-state index contributed by atoms with van der Waals surface area (Å²) in [5, 5.41) is 4.17. The second-order valence-corrected chi connectivity index (χ2v) is 5.15. The lowest BCUT2D eigenvalue weighted by Crippen LogP contribution is -2.28. The fourth-order valence-corrected chi connectivity index (χ4v) is 2.76. The molecule has 1 heterocycles. The molecule has 0 atom stereocenters. The Labute approximate surface area is 119 Å². The summed E-state index contributed by atoms with van der Waals surface area (Å²) in [6.45, 7) is 0. The molecule has 21 heavy (non-hydrogen) atoms. The Kier molecular flexibility index (Phi) is 3.47. The molecule has 2 aromatic rings. The molecule has 1 aromatic carbocycles. The summed E-state index contributed by atoms with van der Waals surface area (Å²) in [5.41, 5.74) is 0.524. The van der Waals surface area contributed by atoms with Crippen molar-refractivity contribution in [2.45, 2.75) is 38.0 Å². The Morgan fingerprint density at radius 1 is 1.05 bits per heavy atom. The monoisotopic (exact) mass is 298 g/mol. The van der Waals surface area contributed by atoms with E-state index in [1.165, 1.54) is 0 Å². The smallest absolute Gasteiger partial charge is 0.231 e. The molecule has 1 aliphatic rings. The predicted octanol–water partition coefficient (Wildman–Crippen LogP) is 4.11. The van der Waals surface area contributed by atoms with Gasteiger partial charge in [0.05, 0.1) is 11.4 Å². The van der Waals surface area contributed by atoms with Crippen LogP contribution in [0.15, 0.2) is 30.3 Å². The van der Waals surface area contributed by atoms with Crippen molar-refractivity contribution >= 4 is 0 Å². The highest BCUT2D eigenvalue weighted by atomic mass is 19.3. The molecule has 0 fully saturated rings. The number of hydrogen-bond donors (Lipinski definition) is 0. The van der Waals surface area contributed by atoms with Crippen LogP contribution in [0.4, 0.5) is 17.6 Å². The van der Waals surface area contributed by atoms with Crippen molar-refractivity contribution in [3.8, 4) is 5.69 Å². The van der Waals surface area contributed by atoms with E-state index in [0.29, 0.717) is 24.2 Å². The van der Waals surface area contributed by atoms with Crippen molar-refractivity contribution in [3.05, 3.63) is 47.3 Å². The quantitative estimate of drug-likeness (QED) is 0.780. The molecule has 1 aliphatic carbocycles. The molecule has 0 saturated carbocycles. The van der Waals surface area contributed by atoms with Gasteiger partial charge in [-0.1, -0.05) is 18.2 Å². The summed E-state index contributed by atoms with van der Waals surface area (Å²) >= 11 is 0. The third kappa shape index (κ3) is 2.32. The van der Waals surface area contributed by atoms with Crippen molar-refractivity contribution in [1.82, 2.24) is 9.78 Å². The molecule has 0 bridgehead atoms. The van der Waals surface area contributed by atoms with Gasteiger partial charge in [-0.2, -0.15) is 13.9 Å². The van der Waals surface area contributed by atoms with E-state index in [1.54, 1.807) is 30.3 Å². The number of para-hydroxylation sites is 1. The molecule has 0 amide bonds. The second kappa shape index (κ2) is 5.16. The first kappa shape index (κ1) is 14.1. The Hall–Kier alpha value is -1.85. The van der Waals surface area contributed by atoms with Crippen molar-refractivity contribution in [1.29, 1.82) is 0 Å². The zero-order chi connectivity index (χ0) is 15.0. The van der Waals surface area contributed by atoms with Gasteiger partial charge in [0.1, 0.15) is 5.69 Å². The van der Waals surface area contributed by atoms with E-state index in [2.05, 4.69) is 5.10 Å². The molecule has 0 aliphatic heterocycles. The highest BCUT2D eigenvalue weighted by Crippen LogP contribution is 2.40. The molecule has 3 rings (SSSR count). The largest absolute Gasteiger partial charge is 0.349 e. The fourth-order valence-electron chi connectivity index (χ4n) is 2.76. The average molecular weight is 298 g/mol. The Bertz CT molecular complexity index is 635. The lowest BCUT2D eigenvalue weighted by atomic mass is 9.94. The molecule has 0 N–H and O–H groups in total. The predicted molar refractivity (Wildman–Crippen MR) is 70.1 cm³/mol. The van der Waals surface area contributed by atoms with Gasteiger partial charge >= 0.3 is 12.3 Å².